The molecular weight excluding hydrogens is 865 g/mol. The van der Waals surface area contributed by atoms with Gasteiger partial charge < -0.3 is 60.5 Å². The molecule has 0 saturated heterocycles. The summed E-state index contributed by atoms with van der Waals surface area (Å²) in [6.45, 7) is 0. The monoisotopic (exact) mass is 906 g/mol. The topological polar surface area (TPSA) is 221 Å². The first-order valence-electron chi connectivity index (χ1n) is 21.8. The van der Waals surface area contributed by atoms with E-state index in [1.807, 2.05) is 6.08 Å². The zero-order chi connectivity index (χ0) is 47.1. The van der Waals surface area contributed by atoms with Gasteiger partial charge in [-0.05, 0) is 129 Å². The summed E-state index contributed by atoms with van der Waals surface area (Å²) in [4.78, 5) is 0. The Hall–Kier alpha value is -8.90. The molecule has 12 nitrogen and oxygen atoms in total. The first kappa shape index (κ1) is 41.8. The maximum absolute atomic E-state index is 12.2. The fraction of sp³-hybridized carbons (Fsp3) is 0.107. The molecule has 0 saturated carbocycles. The zero-order valence-electron chi connectivity index (χ0n) is 35.8. The average Bonchev–Trinajstić information content (AvgIpc) is 3.84. The van der Waals surface area contributed by atoms with E-state index in [9.17, 15) is 51.1 Å². The SMILES string of the molecule is Oc1ccc([C@@H]2c3c(O)cc(O)cc3[C@H]3c4c(cc(O)cc4[C@H]2c2cc(O)ccc2/C=C\c2cc(O)cc4c2[C@H](c2cc(O)cc(O)c2)[C@H](c2ccc(O)cc2)O4)O[C@@H]3c2ccc(O)cc2)cc1. The van der Waals surface area contributed by atoms with Crippen LogP contribution in [0.15, 0.2) is 146 Å². The van der Waals surface area contributed by atoms with Gasteiger partial charge in [-0.1, -0.05) is 54.6 Å². The zero-order valence-corrected chi connectivity index (χ0v) is 35.8. The van der Waals surface area contributed by atoms with Gasteiger partial charge in [-0.2, -0.15) is 0 Å². The quantitative estimate of drug-likeness (QED) is 0.0675. The van der Waals surface area contributed by atoms with Gasteiger partial charge in [0, 0.05) is 52.8 Å². The third-order valence-electron chi connectivity index (χ3n) is 13.4. The summed E-state index contributed by atoms with van der Waals surface area (Å²) in [5.74, 6) is -3.20. The van der Waals surface area contributed by atoms with Crippen LogP contribution in [0.25, 0.3) is 12.2 Å². The molecule has 0 fully saturated rings. The van der Waals surface area contributed by atoms with Crippen LogP contribution in [-0.4, -0.2) is 51.1 Å². The van der Waals surface area contributed by atoms with Crippen LogP contribution in [0, 0.1) is 0 Å². The van der Waals surface area contributed by atoms with Crippen molar-refractivity contribution in [1.29, 1.82) is 0 Å². The predicted molar refractivity (Wildman–Crippen MR) is 251 cm³/mol. The Kier molecular flexibility index (Phi) is 9.78. The van der Waals surface area contributed by atoms with Crippen molar-refractivity contribution in [1.82, 2.24) is 0 Å². The van der Waals surface area contributed by atoms with Crippen molar-refractivity contribution in [2.24, 2.45) is 0 Å². The van der Waals surface area contributed by atoms with Crippen molar-refractivity contribution in [3.05, 3.63) is 212 Å². The lowest BCUT2D eigenvalue weighted by atomic mass is 9.72. The van der Waals surface area contributed by atoms with Gasteiger partial charge in [0.25, 0.3) is 0 Å². The number of fused-ring (bicyclic) bond motifs is 3. The van der Waals surface area contributed by atoms with Crippen molar-refractivity contribution in [3.8, 4) is 69.0 Å². The molecule has 0 spiro atoms. The van der Waals surface area contributed by atoms with E-state index in [0.29, 0.717) is 78.3 Å². The minimum Gasteiger partial charge on any atom is -0.508 e. The number of phenols is 10. The summed E-state index contributed by atoms with van der Waals surface area (Å²) in [5.41, 5.74) is 7.02. The van der Waals surface area contributed by atoms with E-state index in [0.717, 1.165) is 0 Å². The van der Waals surface area contributed by atoms with E-state index in [4.69, 9.17) is 9.47 Å². The molecule has 2 aliphatic heterocycles. The number of aromatic hydroxyl groups is 10. The Balaban J connectivity index is 1.14. The first-order valence-corrected chi connectivity index (χ1v) is 21.8. The lowest BCUT2D eigenvalue weighted by molar-refractivity contribution is 0.221. The van der Waals surface area contributed by atoms with Gasteiger partial charge in [0.1, 0.15) is 81.2 Å². The Morgan fingerprint density at radius 3 is 1.35 bits per heavy atom. The second-order valence-corrected chi connectivity index (χ2v) is 17.6. The van der Waals surface area contributed by atoms with Gasteiger partial charge >= 0.3 is 0 Å². The maximum atomic E-state index is 12.2. The van der Waals surface area contributed by atoms with Gasteiger partial charge in [-0.25, -0.2) is 0 Å². The summed E-state index contributed by atoms with van der Waals surface area (Å²) < 4.78 is 13.3. The minimum atomic E-state index is -0.825. The first-order chi connectivity index (χ1) is 32.8. The van der Waals surface area contributed by atoms with Crippen LogP contribution in [0.3, 0.4) is 0 Å². The Bertz CT molecular complexity index is 3310. The molecule has 0 aromatic heterocycles. The highest BCUT2D eigenvalue weighted by atomic mass is 16.5. The molecule has 3 aliphatic rings. The highest BCUT2D eigenvalue weighted by Gasteiger charge is 2.48. The normalized spacial score (nSPS) is 19.9. The number of benzene rings is 8. The van der Waals surface area contributed by atoms with E-state index in [-0.39, 0.29) is 57.5 Å². The number of phenolic OH excluding ortho intramolecular Hbond substituents is 10. The van der Waals surface area contributed by atoms with E-state index in [2.05, 4.69) is 0 Å². The number of ether oxygens (including phenoxy) is 2. The molecule has 0 radical (unpaired) electrons. The van der Waals surface area contributed by atoms with Crippen LogP contribution in [0.1, 0.15) is 103 Å². The smallest absolute Gasteiger partial charge is 0.135 e. The van der Waals surface area contributed by atoms with Crippen molar-refractivity contribution in [3.63, 3.8) is 0 Å². The van der Waals surface area contributed by atoms with Crippen LogP contribution >= 0.6 is 0 Å². The molecular formula is C56H42O12. The highest BCUT2D eigenvalue weighted by molar-refractivity contribution is 5.78. The second-order valence-electron chi connectivity index (χ2n) is 17.6. The molecule has 12 heteroatoms. The molecule has 2 heterocycles. The molecule has 1 aliphatic carbocycles. The largest absolute Gasteiger partial charge is 0.508 e. The summed E-state index contributed by atoms with van der Waals surface area (Å²) in [6, 6.07) is 37.9. The molecule has 0 unspecified atom stereocenters. The molecule has 8 aromatic carbocycles. The summed E-state index contributed by atoms with van der Waals surface area (Å²) in [7, 11) is 0. The number of hydrogen-bond donors (Lipinski definition) is 10. The van der Waals surface area contributed by atoms with Gasteiger partial charge in [-0.3, -0.25) is 0 Å². The van der Waals surface area contributed by atoms with Gasteiger partial charge in [0.05, 0.1) is 11.8 Å². The van der Waals surface area contributed by atoms with Crippen molar-refractivity contribution >= 4 is 12.2 Å². The summed E-state index contributed by atoms with van der Waals surface area (Å²) >= 11 is 0. The molecule has 0 bridgehead atoms. The van der Waals surface area contributed by atoms with Gasteiger partial charge in [-0.15, -0.1) is 0 Å². The molecule has 10 N–H and O–H groups in total. The van der Waals surface area contributed by atoms with Gasteiger partial charge in [0.2, 0.25) is 0 Å². The van der Waals surface area contributed by atoms with Crippen LogP contribution in [0.5, 0.6) is 69.0 Å². The van der Waals surface area contributed by atoms with Crippen LogP contribution in [0.4, 0.5) is 0 Å². The third kappa shape index (κ3) is 7.10. The molecule has 11 rings (SSSR count). The highest BCUT2D eigenvalue weighted by Crippen LogP contribution is 2.63. The lowest BCUT2D eigenvalue weighted by Crippen LogP contribution is -2.17. The molecule has 6 atom stereocenters. The summed E-state index contributed by atoms with van der Waals surface area (Å²) in [6.07, 6.45) is 2.14. The van der Waals surface area contributed by atoms with Crippen molar-refractivity contribution < 1.29 is 60.5 Å². The third-order valence-corrected chi connectivity index (χ3v) is 13.4. The van der Waals surface area contributed by atoms with Crippen molar-refractivity contribution in [2.45, 2.75) is 35.9 Å². The molecule has 8 aromatic rings. The van der Waals surface area contributed by atoms with Crippen LogP contribution in [-0.2, 0) is 0 Å². The Morgan fingerprint density at radius 1 is 0.294 bits per heavy atom. The standard InChI is InChI=1S/C56H42O12/c57-33-10-4-28(5-11-33)49-51(43-23-41(65)26-47-53(43)54(44-22-40(64)24-45(66)52(44)49)56(68-47)30-8-14-35(59)15-9-30)42-21-36(60)16-3-27(42)1-2-31-17-39(63)25-46-48(31)50(32-18-37(61)20-38(62)19-32)55(67-46)29-6-12-34(58)13-7-29/h1-26,49-51,54-66H/b2-1-/t49-,50-,51+,54-,55-,56+/m0/s1. The average molecular weight is 907 g/mol. The number of hydrogen-bond acceptors (Lipinski definition) is 12. The number of rotatable bonds is 7. The van der Waals surface area contributed by atoms with E-state index in [1.165, 1.54) is 66.7 Å². The van der Waals surface area contributed by atoms with Crippen molar-refractivity contribution in [2.75, 3.05) is 0 Å². The fourth-order valence-electron chi connectivity index (χ4n) is 10.7. The maximum Gasteiger partial charge on any atom is 0.135 e. The predicted octanol–water partition coefficient (Wildman–Crippen LogP) is 10.7. The minimum absolute atomic E-state index is 0.00433. The fourth-order valence-corrected chi connectivity index (χ4v) is 10.7. The Labute approximate surface area is 388 Å². The van der Waals surface area contributed by atoms with E-state index >= 15 is 0 Å². The van der Waals surface area contributed by atoms with E-state index in [1.54, 1.807) is 84.9 Å². The van der Waals surface area contributed by atoms with E-state index < -0.39 is 35.9 Å². The Morgan fingerprint density at radius 2 is 0.750 bits per heavy atom. The lowest BCUT2D eigenvalue weighted by Gasteiger charge is -2.31. The van der Waals surface area contributed by atoms with Gasteiger partial charge in [0.15, 0.2) is 0 Å². The molecule has 338 valence electrons. The van der Waals surface area contributed by atoms with Crippen LogP contribution < -0.4 is 9.47 Å². The molecule has 0 amide bonds. The second kappa shape index (κ2) is 15.9. The molecule has 68 heavy (non-hydrogen) atoms. The summed E-state index contributed by atoms with van der Waals surface area (Å²) in [5, 5.41) is 110. The van der Waals surface area contributed by atoms with Crippen LogP contribution in [0.2, 0.25) is 0 Å².